The molecule has 2 atom stereocenters. The van der Waals surface area contributed by atoms with Crippen LogP contribution in [0.2, 0.25) is 0 Å². The van der Waals surface area contributed by atoms with Gasteiger partial charge < -0.3 is 10.5 Å². The van der Waals surface area contributed by atoms with Crippen molar-refractivity contribution in [1.29, 1.82) is 0 Å². The van der Waals surface area contributed by atoms with Gasteiger partial charge >= 0.3 is 5.97 Å². The number of nitrogens with two attached hydrogens (primary N) is 1. The van der Waals surface area contributed by atoms with Gasteiger partial charge in [0, 0.05) is 18.5 Å². The van der Waals surface area contributed by atoms with Gasteiger partial charge in [-0.05, 0) is 19.3 Å². The van der Waals surface area contributed by atoms with Gasteiger partial charge in [-0.2, -0.15) is 0 Å². The number of ether oxygens (including phenoxy) is 1. The fourth-order valence-electron chi connectivity index (χ4n) is 2.10. The van der Waals surface area contributed by atoms with Crippen molar-refractivity contribution in [3.63, 3.8) is 0 Å². The lowest BCUT2D eigenvalue weighted by Gasteiger charge is -2.29. The van der Waals surface area contributed by atoms with Crippen LogP contribution in [0.4, 0.5) is 0 Å². The molecule has 106 valence electrons. The largest absolute Gasteiger partial charge is 0.469 e. The van der Waals surface area contributed by atoms with Crippen LogP contribution in [0, 0.1) is 0 Å². The first-order valence-electron chi connectivity index (χ1n) is 6.27. The minimum absolute atomic E-state index is 0.0642. The second-order valence-corrected chi connectivity index (χ2v) is 6.54. The van der Waals surface area contributed by atoms with Crippen molar-refractivity contribution in [2.75, 3.05) is 12.9 Å². The summed E-state index contributed by atoms with van der Waals surface area (Å²) in [5.41, 5.74) is 5.88. The number of hydrogen-bond donors (Lipinski definition) is 2. The number of hydrogen-bond acceptors (Lipinski definition) is 5. The third-order valence-corrected chi connectivity index (χ3v) is 4.66. The van der Waals surface area contributed by atoms with Gasteiger partial charge in [0.1, 0.15) is 0 Å². The van der Waals surface area contributed by atoms with Crippen molar-refractivity contribution in [1.82, 2.24) is 4.72 Å². The summed E-state index contributed by atoms with van der Waals surface area (Å²) in [6, 6.07) is -0.268. The molecule has 0 aromatic heterocycles. The minimum Gasteiger partial charge on any atom is -0.469 e. The van der Waals surface area contributed by atoms with E-state index in [9.17, 15) is 13.2 Å². The summed E-state index contributed by atoms with van der Waals surface area (Å²) in [7, 11) is -2.07. The van der Waals surface area contributed by atoms with E-state index >= 15 is 0 Å². The molecule has 18 heavy (non-hydrogen) atoms. The molecule has 0 aromatic carbocycles. The summed E-state index contributed by atoms with van der Waals surface area (Å²) in [6.45, 7) is 0. The minimum atomic E-state index is -3.36. The highest BCUT2D eigenvalue weighted by atomic mass is 32.2. The number of rotatable bonds is 6. The van der Waals surface area contributed by atoms with E-state index < -0.39 is 10.0 Å². The molecule has 0 aromatic rings. The van der Waals surface area contributed by atoms with E-state index in [1.807, 2.05) is 0 Å². The molecule has 1 saturated carbocycles. The number of nitrogens with one attached hydrogen (secondary N) is 1. The van der Waals surface area contributed by atoms with Crippen LogP contribution in [0.5, 0.6) is 0 Å². The predicted molar refractivity (Wildman–Crippen MR) is 68.4 cm³/mol. The van der Waals surface area contributed by atoms with Crippen LogP contribution in [0.3, 0.4) is 0 Å². The Balaban J connectivity index is 2.36. The number of carbonyl (C=O) groups excluding carboxylic acids is 1. The van der Waals surface area contributed by atoms with Gasteiger partial charge in [-0.15, -0.1) is 0 Å². The molecular weight excluding hydrogens is 256 g/mol. The Morgan fingerprint density at radius 2 is 2.06 bits per heavy atom. The maximum Gasteiger partial charge on any atom is 0.305 e. The third kappa shape index (κ3) is 5.32. The first-order chi connectivity index (χ1) is 8.44. The Bertz CT molecular complexity index is 369. The molecule has 0 aliphatic heterocycles. The van der Waals surface area contributed by atoms with Crippen LogP contribution in [-0.2, 0) is 19.6 Å². The molecule has 0 bridgehead atoms. The molecule has 1 fully saturated rings. The van der Waals surface area contributed by atoms with Crippen molar-refractivity contribution >= 4 is 16.0 Å². The predicted octanol–water partition coefficient (Wildman–Crippen LogP) is 0.129. The van der Waals surface area contributed by atoms with Crippen molar-refractivity contribution in [2.45, 2.75) is 50.6 Å². The zero-order chi connectivity index (χ0) is 13.6. The molecule has 1 aliphatic rings. The molecule has 0 unspecified atom stereocenters. The summed E-state index contributed by atoms with van der Waals surface area (Å²) in [6.07, 6.45) is 4.09. The van der Waals surface area contributed by atoms with E-state index in [0.29, 0.717) is 0 Å². The fourth-order valence-corrected chi connectivity index (χ4v) is 3.50. The average Bonchev–Trinajstić information content (AvgIpc) is 2.31. The SMILES string of the molecule is COC(=O)CCCS(=O)(=O)N[C@@H]1CCCC[C@H]1N. The molecule has 0 spiro atoms. The Morgan fingerprint density at radius 3 is 2.67 bits per heavy atom. The zero-order valence-corrected chi connectivity index (χ0v) is 11.5. The van der Waals surface area contributed by atoms with Gasteiger partial charge in [-0.1, -0.05) is 12.8 Å². The van der Waals surface area contributed by atoms with Crippen molar-refractivity contribution in [3.8, 4) is 0 Å². The monoisotopic (exact) mass is 278 g/mol. The van der Waals surface area contributed by atoms with Gasteiger partial charge in [-0.3, -0.25) is 4.79 Å². The van der Waals surface area contributed by atoms with Crippen molar-refractivity contribution in [2.24, 2.45) is 5.73 Å². The fraction of sp³-hybridized carbons (Fsp3) is 0.909. The second kappa shape index (κ2) is 7.06. The van der Waals surface area contributed by atoms with Crippen LogP contribution in [0.1, 0.15) is 38.5 Å². The number of carbonyl (C=O) groups is 1. The van der Waals surface area contributed by atoms with Crippen LogP contribution in [0.25, 0.3) is 0 Å². The van der Waals surface area contributed by atoms with Gasteiger partial charge in [-0.25, -0.2) is 13.1 Å². The van der Waals surface area contributed by atoms with Gasteiger partial charge in [0.25, 0.3) is 0 Å². The van der Waals surface area contributed by atoms with Gasteiger partial charge in [0.05, 0.1) is 12.9 Å². The van der Waals surface area contributed by atoms with Crippen LogP contribution >= 0.6 is 0 Å². The quantitative estimate of drug-likeness (QED) is 0.673. The molecular formula is C11H22N2O4S. The summed E-state index contributed by atoms with van der Waals surface area (Å²) < 4.78 is 30.7. The number of esters is 1. The normalized spacial score (nSPS) is 24.8. The Labute approximate surface area is 108 Å². The molecule has 1 aliphatic carbocycles. The lowest BCUT2D eigenvalue weighted by Crippen LogP contribution is -2.49. The highest BCUT2D eigenvalue weighted by Crippen LogP contribution is 2.17. The van der Waals surface area contributed by atoms with Crippen LogP contribution < -0.4 is 10.5 Å². The zero-order valence-electron chi connectivity index (χ0n) is 10.7. The highest BCUT2D eigenvalue weighted by Gasteiger charge is 2.25. The summed E-state index contributed by atoms with van der Waals surface area (Å²) in [4.78, 5) is 10.9. The molecule has 6 nitrogen and oxygen atoms in total. The van der Waals surface area contributed by atoms with E-state index in [-0.39, 0.29) is 36.6 Å². The van der Waals surface area contributed by atoms with E-state index in [2.05, 4.69) is 9.46 Å². The molecule has 0 radical (unpaired) electrons. The molecule has 7 heteroatoms. The summed E-state index contributed by atoms with van der Waals surface area (Å²) in [5.74, 6) is -0.453. The van der Waals surface area contributed by atoms with E-state index in [1.165, 1.54) is 7.11 Å². The van der Waals surface area contributed by atoms with E-state index in [4.69, 9.17) is 5.73 Å². The molecule has 3 N–H and O–H groups in total. The Kier molecular flexibility index (Phi) is 6.04. The number of sulfonamides is 1. The highest BCUT2D eigenvalue weighted by molar-refractivity contribution is 7.89. The third-order valence-electron chi connectivity index (χ3n) is 3.17. The lowest BCUT2D eigenvalue weighted by molar-refractivity contribution is -0.140. The smallest absolute Gasteiger partial charge is 0.305 e. The van der Waals surface area contributed by atoms with Crippen molar-refractivity contribution < 1.29 is 17.9 Å². The average molecular weight is 278 g/mol. The maximum absolute atomic E-state index is 11.8. The van der Waals surface area contributed by atoms with Crippen LogP contribution in [0.15, 0.2) is 0 Å². The first-order valence-corrected chi connectivity index (χ1v) is 7.92. The maximum atomic E-state index is 11.8. The van der Waals surface area contributed by atoms with Gasteiger partial charge in [0.2, 0.25) is 10.0 Å². The second-order valence-electron chi connectivity index (χ2n) is 4.67. The topological polar surface area (TPSA) is 98.5 Å². The Hall–Kier alpha value is -0.660. The molecule has 0 heterocycles. The first kappa shape index (κ1) is 15.4. The van der Waals surface area contributed by atoms with E-state index in [0.717, 1.165) is 25.7 Å². The standard InChI is InChI=1S/C11H22N2O4S/c1-17-11(14)7-4-8-18(15,16)13-10-6-3-2-5-9(10)12/h9-10,13H,2-8,12H2,1H3/t9-,10-/m1/s1. The lowest BCUT2D eigenvalue weighted by atomic mass is 9.92. The molecule has 0 amide bonds. The Morgan fingerprint density at radius 1 is 1.39 bits per heavy atom. The summed E-state index contributed by atoms with van der Waals surface area (Å²) in [5, 5.41) is 0. The van der Waals surface area contributed by atoms with Crippen LogP contribution in [-0.4, -0.2) is 39.3 Å². The molecule has 0 saturated heterocycles. The van der Waals surface area contributed by atoms with Gasteiger partial charge in [0.15, 0.2) is 0 Å². The number of methoxy groups -OCH3 is 1. The van der Waals surface area contributed by atoms with Crippen molar-refractivity contribution in [3.05, 3.63) is 0 Å². The van der Waals surface area contributed by atoms with E-state index in [1.54, 1.807) is 0 Å². The molecule has 1 rings (SSSR count). The summed E-state index contributed by atoms with van der Waals surface area (Å²) >= 11 is 0.